The van der Waals surface area contributed by atoms with Gasteiger partial charge in [0.2, 0.25) is 0 Å². The lowest BCUT2D eigenvalue weighted by Gasteiger charge is -2.14. The van der Waals surface area contributed by atoms with Gasteiger partial charge in [0.1, 0.15) is 0 Å². The van der Waals surface area contributed by atoms with Crippen LogP contribution in [0.25, 0.3) is 0 Å². The fraction of sp³-hybridized carbons (Fsp3) is 0.222. The lowest BCUT2D eigenvalue weighted by Crippen LogP contribution is -2.37. The summed E-state index contributed by atoms with van der Waals surface area (Å²) < 4.78 is 0. The Balaban J connectivity index is 2.68. The summed E-state index contributed by atoms with van der Waals surface area (Å²) in [6, 6.07) is 8.09. The number of para-hydroxylation sites is 1. The Morgan fingerprint density at radius 2 is 2.08 bits per heavy atom. The Bertz CT molecular complexity index is 274. The number of urea groups is 1. The van der Waals surface area contributed by atoms with Crippen molar-refractivity contribution in [3.8, 4) is 0 Å². The molecule has 13 heavy (non-hydrogen) atoms. The molecular formula is C9H12N2O2. The van der Waals surface area contributed by atoms with Crippen LogP contribution in [0.2, 0.25) is 0 Å². The van der Waals surface area contributed by atoms with E-state index < -0.39 is 6.03 Å². The van der Waals surface area contributed by atoms with Crippen LogP contribution in [0.4, 0.5) is 10.5 Å². The predicted octanol–water partition coefficient (Wildman–Crippen LogP) is 1.61. The van der Waals surface area contributed by atoms with Crippen LogP contribution in [0, 0.1) is 0 Å². The molecule has 0 fully saturated rings. The highest BCUT2D eigenvalue weighted by Gasteiger charge is 2.10. The Kier molecular flexibility index (Phi) is 3.28. The van der Waals surface area contributed by atoms with Crippen molar-refractivity contribution in [1.82, 2.24) is 5.32 Å². The summed E-state index contributed by atoms with van der Waals surface area (Å²) in [5, 5.41) is 12.4. The molecule has 0 aliphatic carbocycles. The first-order chi connectivity index (χ1) is 6.25. The number of anilines is 1. The number of hydrogen-bond donors (Lipinski definition) is 2. The molecule has 0 saturated heterocycles. The number of amides is 2. The highest BCUT2D eigenvalue weighted by Crippen LogP contribution is 2.09. The van der Waals surface area contributed by atoms with Crippen molar-refractivity contribution in [2.24, 2.45) is 0 Å². The van der Waals surface area contributed by atoms with Crippen molar-refractivity contribution in [2.75, 3.05) is 11.6 Å². The SMILES string of the molecule is CCNC(=O)N(O)c1ccccc1. The van der Waals surface area contributed by atoms with Crippen molar-refractivity contribution in [3.05, 3.63) is 30.3 Å². The van der Waals surface area contributed by atoms with Crippen molar-refractivity contribution in [3.63, 3.8) is 0 Å². The predicted molar refractivity (Wildman–Crippen MR) is 49.8 cm³/mol. The first-order valence-electron chi connectivity index (χ1n) is 4.07. The second-order valence-corrected chi connectivity index (χ2v) is 2.48. The van der Waals surface area contributed by atoms with Crippen LogP contribution in [-0.4, -0.2) is 17.8 Å². The summed E-state index contributed by atoms with van der Waals surface area (Å²) in [6.07, 6.45) is 0. The monoisotopic (exact) mass is 180 g/mol. The summed E-state index contributed by atoms with van der Waals surface area (Å²) in [7, 11) is 0. The Hall–Kier alpha value is -1.55. The van der Waals surface area contributed by atoms with Gasteiger partial charge in [-0.15, -0.1) is 0 Å². The van der Waals surface area contributed by atoms with E-state index in [1.54, 1.807) is 31.2 Å². The van der Waals surface area contributed by atoms with Crippen molar-refractivity contribution < 1.29 is 10.0 Å². The van der Waals surface area contributed by atoms with Gasteiger partial charge in [-0.05, 0) is 19.1 Å². The van der Waals surface area contributed by atoms with E-state index in [0.29, 0.717) is 17.3 Å². The third kappa shape index (κ3) is 2.45. The van der Waals surface area contributed by atoms with Gasteiger partial charge in [0.05, 0.1) is 5.69 Å². The molecule has 0 saturated carbocycles. The molecule has 0 unspecified atom stereocenters. The number of benzene rings is 1. The molecule has 0 radical (unpaired) electrons. The third-order valence-corrected chi connectivity index (χ3v) is 1.52. The van der Waals surface area contributed by atoms with Gasteiger partial charge in [0.15, 0.2) is 0 Å². The van der Waals surface area contributed by atoms with Gasteiger partial charge in [-0.2, -0.15) is 5.06 Å². The fourth-order valence-electron chi connectivity index (χ4n) is 0.913. The molecule has 1 aromatic rings. The minimum Gasteiger partial charge on any atom is -0.336 e. The molecule has 1 aromatic carbocycles. The van der Waals surface area contributed by atoms with Crippen LogP contribution in [0.15, 0.2) is 30.3 Å². The molecule has 0 heterocycles. The Morgan fingerprint density at radius 1 is 1.46 bits per heavy atom. The van der Waals surface area contributed by atoms with E-state index >= 15 is 0 Å². The van der Waals surface area contributed by atoms with Gasteiger partial charge in [-0.1, -0.05) is 18.2 Å². The number of carbonyl (C=O) groups is 1. The molecule has 0 spiro atoms. The highest BCUT2D eigenvalue weighted by atomic mass is 16.5. The van der Waals surface area contributed by atoms with Crippen LogP contribution >= 0.6 is 0 Å². The van der Waals surface area contributed by atoms with E-state index in [1.165, 1.54) is 0 Å². The van der Waals surface area contributed by atoms with Crippen molar-refractivity contribution in [1.29, 1.82) is 0 Å². The van der Waals surface area contributed by atoms with Gasteiger partial charge in [0, 0.05) is 6.54 Å². The number of carbonyl (C=O) groups excluding carboxylic acids is 1. The first-order valence-corrected chi connectivity index (χ1v) is 4.07. The quantitative estimate of drug-likeness (QED) is 0.536. The van der Waals surface area contributed by atoms with E-state index in [1.807, 2.05) is 6.07 Å². The number of hydrogen-bond acceptors (Lipinski definition) is 2. The maximum atomic E-state index is 11.1. The molecule has 0 aliphatic rings. The molecule has 2 N–H and O–H groups in total. The smallest absolute Gasteiger partial charge is 0.336 e. The highest BCUT2D eigenvalue weighted by molar-refractivity contribution is 5.89. The first kappa shape index (κ1) is 9.54. The summed E-state index contributed by atoms with van der Waals surface area (Å²) in [5.74, 6) is 0. The Labute approximate surface area is 76.7 Å². The molecule has 4 heteroatoms. The normalized spacial score (nSPS) is 9.38. The maximum absolute atomic E-state index is 11.1. The molecule has 0 aliphatic heterocycles. The number of rotatable bonds is 2. The molecule has 1 rings (SSSR count). The minimum absolute atomic E-state index is 0.452. The zero-order valence-corrected chi connectivity index (χ0v) is 7.40. The van der Waals surface area contributed by atoms with Crippen LogP contribution < -0.4 is 10.4 Å². The van der Waals surface area contributed by atoms with Gasteiger partial charge in [-0.25, -0.2) is 4.79 Å². The van der Waals surface area contributed by atoms with Crippen LogP contribution in [-0.2, 0) is 0 Å². The van der Waals surface area contributed by atoms with Crippen molar-refractivity contribution >= 4 is 11.7 Å². The van der Waals surface area contributed by atoms with E-state index in [2.05, 4.69) is 5.32 Å². The average Bonchev–Trinajstić information content (AvgIpc) is 2.18. The lowest BCUT2D eigenvalue weighted by atomic mass is 10.3. The zero-order chi connectivity index (χ0) is 9.68. The largest absolute Gasteiger partial charge is 0.345 e. The van der Waals surface area contributed by atoms with Crippen LogP contribution in [0.3, 0.4) is 0 Å². The lowest BCUT2D eigenvalue weighted by molar-refractivity contribution is 0.205. The molecular weight excluding hydrogens is 168 g/mol. The van der Waals surface area contributed by atoms with Gasteiger partial charge in [-0.3, -0.25) is 5.21 Å². The minimum atomic E-state index is -0.520. The van der Waals surface area contributed by atoms with E-state index in [9.17, 15) is 10.0 Å². The van der Waals surface area contributed by atoms with Crippen LogP contribution in [0.1, 0.15) is 6.92 Å². The summed E-state index contributed by atoms with van der Waals surface area (Å²) in [6.45, 7) is 2.28. The summed E-state index contributed by atoms with van der Waals surface area (Å²) in [5.41, 5.74) is 0.452. The second kappa shape index (κ2) is 4.47. The summed E-state index contributed by atoms with van der Waals surface area (Å²) in [4.78, 5) is 11.1. The number of hydroxylamine groups is 1. The van der Waals surface area contributed by atoms with Gasteiger partial charge in [0.25, 0.3) is 0 Å². The third-order valence-electron chi connectivity index (χ3n) is 1.52. The second-order valence-electron chi connectivity index (χ2n) is 2.48. The Morgan fingerprint density at radius 3 is 2.62 bits per heavy atom. The van der Waals surface area contributed by atoms with Gasteiger partial charge >= 0.3 is 6.03 Å². The number of nitrogens with one attached hydrogen (secondary N) is 1. The molecule has 0 atom stereocenters. The topological polar surface area (TPSA) is 52.6 Å². The van der Waals surface area contributed by atoms with Gasteiger partial charge < -0.3 is 5.32 Å². The number of nitrogens with zero attached hydrogens (tertiary/aromatic N) is 1. The zero-order valence-electron chi connectivity index (χ0n) is 7.40. The molecule has 0 aromatic heterocycles. The molecule has 2 amide bonds. The van der Waals surface area contributed by atoms with Crippen molar-refractivity contribution in [2.45, 2.75) is 6.92 Å². The van der Waals surface area contributed by atoms with E-state index in [0.717, 1.165) is 0 Å². The van der Waals surface area contributed by atoms with E-state index in [-0.39, 0.29) is 0 Å². The maximum Gasteiger partial charge on any atom is 0.345 e. The standard InChI is InChI=1S/C9H12N2O2/c1-2-10-9(12)11(13)8-6-4-3-5-7-8/h3-7,13H,2H2,1H3,(H,10,12). The fourth-order valence-corrected chi connectivity index (χ4v) is 0.913. The molecule has 0 bridgehead atoms. The summed E-state index contributed by atoms with van der Waals surface area (Å²) >= 11 is 0. The molecule has 70 valence electrons. The van der Waals surface area contributed by atoms with E-state index in [4.69, 9.17) is 0 Å². The van der Waals surface area contributed by atoms with Crippen LogP contribution in [0.5, 0.6) is 0 Å². The molecule has 4 nitrogen and oxygen atoms in total. The average molecular weight is 180 g/mol.